The van der Waals surface area contributed by atoms with E-state index in [0.717, 1.165) is 37.5 Å². The summed E-state index contributed by atoms with van der Waals surface area (Å²) in [6.45, 7) is 10.2. The third-order valence-electron chi connectivity index (χ3n) is 5.08. The highest BCUT2D eigenvalue weighted by molar-refractivity contribution is 4.91. The van der Waals surface area contributed by atoms with Crippen molar-refractivity contribution in [3.05, 3.63) is 0 Å². The van der Waals surface area contributed by atoms with E-state index in [4.69, 9.17) is 4.74 Å². The zero-order valence-corrected chi connectivity index (χ0v) is 13.2. The summed E-state index contributed by atoms with van der Waals surface area (Å²) in [4.78, 5) is 0. The summed E-state index contributed by atoms with van der Waals surface area (Å²) in [7, 11) is 0. The summed E-state index contributed by atoms with van der Waals surface area (Å²) >= 11 is 0. The van der Waals surface area contributed by atoms with Gasteiger partial charge in [0.15, 0.2) is 0 Å². The van der Waals surface area contributed by atoms with Crippen LogP contribution >= 0.6 is 0 Å². The van der Waals surface area contributed by atoms with Gasteiger partial charge in [0, 0.05) is 6.54 Å². The van der Waals surface area contributed by atoms with Crippen molar-refractivity contribution in [2.45, 2.75) is 71.3 Å². The second kappa shape index (κ2) is 7.08. The number of nitrogens with one attached hydrogen (secondary N) is 1. The van der Waals surface area contributed by atoms with Gasteiger partial charge in [0.25, 0.3) is 0 Å². The molecule has 0 heterocycles. The molecule has 2 rings (SSSR count). The fourth-order valence-corrected chi connectivity index (χ4v) is 3.28. The highest BCUT2D eigenvalue weighted by Crippen LogP contribution is 2.39. The van der Waals surface area contributed by atoms with E-state index >= 15 is 0 Å². The lowest BCUT2D eigenvalue weighted by Gasteiger charge is -2.41. The van der Waals surface area contributed by atoms with Crippen molar-refractivity contribution >= 4 is 0 Å². The maximum absolute atomic E-state index is 6.41. The molecule has 0 aliphatic heterocycles. The molecule has 2 heteroatoms. The van der Waals surface area contributed by atoms with Gasteiger partial charge in [0.05, 0.1) is 12.2 Å². The Morgan fingerprint density at radius 3 is 2.37 bits per heavy atom. The molecule has 1 N–H and O–H groups in total. The molecule has 0 unspecified atom stereocenters. The van der Waals surface area contributed by atoms with Gasteiger partial charge in [0.2, 0.25) is 0 Å². The van der Waals surface area contributed by atoms with Crippen molar-refractivity contribution in [1.82, 2.24) is 5.32 Å². The van der Waals surface area contributed by atoms with Crippen LogP contribution in [0.15, 0.2) is 0 Å². The van der Waals surface area contributed by atoms with Gasteiger partial charge >= 0.3 is 0 Å². The van der Waals surface area contributed by atoms with Gasteiger partial charge in [-0.3, -0.25) is 0 Å². The van der Waals surface area contributed by atoms with Crippen LogP contribution in [0.25, 0.3) is 0 Å². The van der Waals surface area contributed by atoms with Crippen molar-refractivity contribution in [3.63, 3.8) is 0 Å². The van der Waals surface area contributed by atoms with Crippen molar-refractivity contribution in [1.29, 1.82) is 0 Å². The molecule has 112 valence electrons. The molecule has 19 heavy (non-hydrogen) atoms. The summed E-state index contributed by atoms with van der Waals surface area (Å²) in [5.74, 6) is 2.64. The molecule has 2 aliphatic carbocycles. The standard InChI is InChI=1S/C17H33NO/c1-4-11-18-13-17(19-12-15-5-6-15)9-7-16(8-10-17)14(2)3/h14-16,18H,4-13H2,1-3H3. The Bertz CT molecular complexity index is 252. The average molecular weight is 267 g/mol. The second-order valence-electron chi connectivity index (χ2n) is 7.20. The normalized spacial score (nSPS) is 31.9. The van der Waals surface area contributed by atoms with Crippen LogP contribution in [0, 0.1) is 17.8 Å². The summed E-state index contributed by atoms with van der Waals surface area (Å²) in [5.41, 5.74) is 0.156. The first-order chi connectivity index (χ1) is 9.15. The largest absolute Gasteiger partial charge is 0.373 e. The average Bonchev–Trinajstić information content (AvgIpc) is 3.21. The molecule has 2 aliphatic rings. The van der Waals surface area contributed by atoms with Crippen molar-refractivity contribution in [2.24, 2.45) is 17.8 Å². The van der Waals surface area contributed by atoms with E-state index in [0.29, 0.717) is 0 Å². The lowest BCUT2D eigenvalue weighted by atomic mass is 9.74. The SMILES string of the molecule is CCCNCC1(OCC2CC2)CCC(C(C)C)CC1. The Labute approximate surface area is 119 Å². The third-order valence-corrected chi connectivity index (χ3v) is 5.08. The minimum absolute atomic E-state index is 0.156. The molecule has 0 atom stereocenters. The topological polar surface area (TPSA) is 21.3 Å². The highest BCUT2D eigenvalue weighted by Gasteiger charge is 2.38. The molecule has 2 saturated carbocycles. The quantitative estimate of drug-likeness (QED) is 0.671. The van der Waals surface area contributed by atoms with Gasteiger partial charge in [0.1, 0.15) is 0 Å². The molecule has 0 saturated heterocycles. The summed E-state index contributed by atoms with van der Waals surface area (Å²) in [5, 5.41) is 3.61. The number of hydrogen-bond donors (Lipinski definition) is 1. The van der Waals surface area contributed by atoms with E-state index in [-0.39, 0.29) is 5.60 Å². The molecule has 0 spiro atoms. The predicted molar refractivity (Wildman–Crippen MR) is 81.4 cm³/mol. The Morgan fingerprint density at radius 2 is 1.84 bits per heavy atom. The van der Waals surface area contributed by atoms with Crippen LogP contribution in [0.3, 0.4) is 0 Å². The predicted octanol–water partition coefficient (Wildman–Crippen LogP) is 4.00. The van der Waals surface area contributed by atoms with Crippen molar-refractivity contribution < 1.29 is 4.74 Å². The lowest BCUT2D eigenvalue weighted by molar-refractivity contribution is -0.0833. The van der Waals surface area contributed by atoms with Crippen LogP contribution < -0.4 is 5.32 Å². The van der Waals surface area contributed by atoms with Crippen LogP contribution in [-0.4, -0.2) is 25.3 Å². The maximum Gasteiger partial charge on any atom is 0.0806 e. The Hall–Kier alpha value is -0.0800. The Balaban J connectivity index is 1.82. The zero-order valence-electron chi connectivity index (χ0n) is 13.2. The Morgan fingerprint density at radius 1 is 1.16 bits per heavy atom. The van der Waals surface area contributed by atoms with Gasteiger partial charge in [-0.05, 0) is 69.2 Å². The van der Waals surface area contributed by atoms with Crippen LogP contribution in [0.2, 0.25) is 0 Å². The second-order valence-corrected chi connectivity index (χ2v) is 7.20. The molecular formula is C17H33NO. The highest BCUT2D eigenvalue weighted by atomic mass is 16.5. The lowest BCUT2D eigenvalue weighted by Crippen LogP contribution is -2.47. The van der Waals surface area contributed by atoms with Gasteiger partial charge in [-0.2, -0.15) is 0 Å². The fraction of sp³-hybridized carbons (Fsp3) is 1.00. The molecule has 0 bridgehead atoms. The minimum atomic E-state index is 0.156. The fourth-order valence-electron chi connectivity index (χ4n) is 3.28. The molecule has 0 amide bonds. The van der Waals surface area contributed by atoms with Gasteiger partial charge in [-0.15, -0.1) is 0 Å². The van der Waals surface area contributed by atoms with E-state index < -0.39 is 0 Å². The van der Waals surface area contributed by atoms with Crippen LogP contribution in [0.5, 0.6) is 0 Å². The first-order valence-electron chi connectivity index (χ1n) is 8.50. The third kappa shape index (κ3) is 4.75. The molecule has 2 fully saturated rings. The number of ether oxygens (including phenoxy) is 1. The Kier molecular flexibility index (Phi) is 5.70. The van der Waals surface area contributed by atoms with Crippen LogP contribution in [0.4, 0.5) is 0 Å². The number of rotatable bonds is 8. The molecule has 0 radical (unpaired) electrons. The van der Waals surface area contributed by atoms with E-state index in [1.54, 1.807) is 0 Å². The molecule has 0 aromatic carbocycles. The minimum Gasteiger partial charge on any atom is -0.373 e. The smallest absolute Gasteiger partial charge is 0.0806 e. The zero-order chi connectivity index (χ0) is 13.7. The van der Waals surface area contributed by atoms with Gasteiger partial charge in [-0.25, -0.2) is 0 Å². The van der Waals surface area contributed by atoms with Gasteiger partial charge < -0.3 is 10.1 Å². The maximum atomic E-state index is 6.41. The van der Waals surface area contributed by atoms with Crippen LogP contribution in [0.1, 0.15) is 65.7 Å². The first-order valence-corrected chi connectivity index (χ1v) is 8.50. The number of hydrogen-bond acceptors (Lipinski definition) is 2. The van der Waals surface area contributed by atoms with Gasteiger partial charge in [-0.1, -0.05) is 20.8 Å². The van der Waals surface area contributed by atoms with E-state index in [1.165, 1.54) is 44.9 Å². The van der Waals surface area contributed by atoms with E-state index in [9.17, 15) is 0 Å². The summed E-state index contributed by atoms with van der Waals surface area (Å²) < 4.78 is 6.41. The summed E-state index contributed by atoms with van der Waals surface area (Å²) in [6, 6.07) is 0. The monoisotopic (exact) mass is 267 g/mol. The van der Waals surface area contributed by atoms with E-state index in [2.05, 4.69) is 26.1 Å². The van der Waals surface area contributed by atoms with Crippen molar-refractivity contribution in [2.75, 3.05) is 19.7 Å². The molecule has 2 nitrogen and oxygen atoms in total. The van der Waals surface area contributed by atoms with Crippen molar-refractivity contribution in [3.8, 4) is 0 Å². The molecule has 0 aromatic rings. The van der Waals surface area contributed by atoms with E-state index in [1.807, 2.05) is 0 Å². The molecule has 0 aromatic heterocycles. The summed E-state index contributed by atoms with van der Waals surface area (Å²) in [6.07, 6.45) is 9.25. The first kappa shape index (κ1) is 15.3. The van der Waals surface area contributed by atoms with Crippen LogP contribution in [-0.2, 0) is 4.74 Å². The molecular weight excluding hydrogens is 234 g/mol.